The van der Waals surface area contributed by atoms with Gasteiger partial charge in [0.25, 0.3) is 0 Å². The molecule has 47 heavy (non-hydrogen) atoms. The molecule has 222 valence electrons. The molecular weight excluding hydrogens is 573 g/mol. The van der Waals surface area contributed by atoms with Crippen LogP contribution in [0.15, 0.2) is 146 Å². The van der Waals surface area contributed by atoms with Gasteiger partial charge in [-0.05, 0) is 68.8 Å². The first-order chi connectivity index (χ1) is 23.0. The fourth-order valence-electron chi connectivity index (χ4n) is 6.64. The Bertz CT molecular complexity index is 2320. The summed E-state index contributed by atoms with van der Waals surface area (Å²) in [4.78, 5) is 18.5. The van der Waals surface area contributed by atoms with Crippen LogP contribution < -0.4 is 0 Å². The lowest BCUT2D eigenvalue weighted by Crippen LogP contribution is -2.14. The van der Waals surface area contributed by atoms with E-state index in [1.807, 2.05) is 48.5 Å². The smallest absolute Gasteiger partial charge is 0.187 e. The van der Waals surface area contributed by atoms with Crippen LogP contribution in [-0.4, -0.2) is 15.0 Å². The van der Waals surface area contributed by atoms with E-state index in [1.54, 1.807) is 12.1 Å². The third kappa shape index (κ3) is 5.09. The van der Waals surface area contributed by atoms with Crippen molar-refractivity contribution in [3.8, 4) is 67.5 Å². The molecule has 4 heteroatoms. The van der Waals surface area contributed by atoms with Crippen LogP contribution in [0.3, 0.4) is 0 Å². The monoisotopic (exact) mass is 602 g/mol. The summed E-state index contributed by atoms with van der Waals surface area (Å²) < 4.78 is 0. The molecule has 0 aliphatic heterocycles. The first kappa shape index (κ1) is 28.3. The zero-order valence-electron chi connectivity index (χ0n) is 26.1. The number of nitrogens with zero attached hydrogens (tertiary/aromatic N) is 4. The second kappa shape index (κ2) is 11.3. The lowest BCUT2D eigenvalue weighted by atomic mass is 9.81. The first-order valence-corrected chi connectivity index (χ1v) is 15.7. The maximum absolute atomic E-state index is 7.37. The lowest BCUT2D eigenvalue weighted by molar-refractivity contribution is 0.660. The van der Waals surface area contributed by atoms with Crippen LogP contribution in [0, 0.1) is 6.57 Å². The Labute approximate surface area is 274 Å². The van der Waals surface area contributed by atoms with Gasteiger partial charge in [0.2, 0.25) is 0 Å². The molecule has 0 N–H and O–H groups in total. The molecule has 4 nitrogen and oxygen atoms in total. The molecule has 0 fully saturated rings. The average molecular weight is 603 g/mol. The van der Waals surface area contributed by atoms with E-state index in [4.69, 9.17) is 21.5 Å². The van der Waals surface area contributed by atoms with Gasteiger partial charge in [-0.3, -0.25) is 0 Å². The van der Waals surface area contributed by atoms with Gasteiger partial charge in [0, 0.05) is 22.1 Å². The third-order valence-corrected chi connectivity index (χ3v) is 9.14. The lowest BCUT2D eigenvalue weighted by Gasteiger charge is -2.22. The summed E-state index contributed by atoms with van der Waals surface area (Å²) in [5.41, 5.74) is 12.9. The van der Waals surface area contributed by atoms with Crippen molar-refractivity contribution in [3.63, 3.8) is 0 Å². The minimum Gasteiger partial charge on any atom is -0.238 e. The highest BCUT2D eigenvalue weighted by molar-refractivity contribution is 5.86. The molecule has 7 aromatic rings. The van der Waals surface area contributed by atoms with Crippen molar-refractivity contribution in [3.05, 3.63) is 168 Å². The fourth-order valence-corrected chi connectivity index (χ4v) is 6.64. The van der Waals surface area contributed by atoms with E-state index >= 15 is 0 Å². The summed E-state index contributed by atoms with van der Waals surface area (Å²) in [6, 6.07) is 50.1. The number of rotatable bonds is 5. The SMILES string of the molecule is [C-]#[N+]c1ccc(-c2nc(-c3ccccc3)nc(-c3cc(-c4ccccc4)cc(-c4ccc5c(c4)C(C)(C)c4ccccc4-5)c3)n2)cc1. The number of hydrogen-bond acceptors (Lipinski definition) is 3. The van der Waals surface area contributed by atoms with Crippen LogP contribution in [0.1, 0.15) is 25.0 Å². The third-order valence-electron chi connectivity index (χ3n) is 9.14. The normalized spacial score (nSPS) is 12.6. The van der Waals surface area contributed by atoms with Gasteiger partial charge in [-0.15, -0.1) is 0 Å². The van der Waals surface area contributed by atoms with E-state index in [0.29, 0.717) is 23.2 Å². The molecule has 0 radical (unpaired) electrons. The molecule has 0 saturated heterocycles. The maximum atomic E-state index is 7.37. The van der Waals surface area contributed by atoms with Gasteiger partial charge in [-0.25, -0.2) is 19.8 Å². The van der Waals surface area contributed by atoms with E-state index in [9.17, 15) is 0 Å². The molecule has 0 saturated carbocycles. The Hall–Kier alpha value is -6.18. The molecule has 0 bridgehead atoms. The van der Waals surface area contributed by atoms with Crippen molar-refractivity contribution in [1.82, 2.24) is 15.0 Å². The molecule has 0 spiro atoms. The largest absolute Gasteiger partial charge is 0.238 e. The van der Waals surface area contributed by atoms with E-state index in [2.05, 4.69) is 104 Å². The first-order valence-electron chi connectivity index (χ1n) is 15.7. The summed E-state index contributed by atoms with van der Waals surface area (Å²) in [6.07, 6.45) is 0. The van der Waals surface area contributed by atoms with Gasteiger partial charge >= 0.3 is 0 Å². The molecule has 1 aliphatic rings. The molecule has 1 aromatic heterocycles. The van der Waals surface area contributed by atoms with Gasteiger partial charge in [-0.2, -0.15) is 0 Å². The molecule has 6 aromatic carbocycles. The van der Waals surface area contributed by atoms with Gasteiger partial charge in [0.15, 0.2) is 23.2 Å². The number of benzene rings is 6. The van der Waals surface area contributed by atoms with E-state index in [0.717, 1.165) is 38.9 Å². The standard InChI is InChI=1S/C43H30N4/c1-43(2)38-17-11-10-16-36(38)37-23-20-31(27-39(37)43)33-24-32(28-12-6-4-7-13-28)25-34(26-33)42-46-40(29-14-8-5-9-15-29)45-41(47-42)30-18-21-35(44-3)22-19-30/h4-27H,1-2H3. The topological polar surface area (TPSA) is 43.0 Å². The summed E-state index contributed by atoms with van der Waals surface area (Å²) in [7, 11) is 0. The molecule has 0 amide bonds. The Morgan fingerprint density at radius 1 is 0.426 bits per heavy atom. The molecule has 1 heterocycles. The van der Waals surface area contributed by atoms with Crippen molar-refractivity contribution < 1.29 is 0 Å². The van der Waals surface area contributed by atoms with Crippen molar-refractivity contribution in [1.29, 1.82) is 0 Å². The molecule has 0 atom stereocenters. The van der Waals surface area contributed by atoms with Gasteiger partial charge in [-0.1, -0.05) is 135 Å². The van der Waals surface area contributed by atoms with Gasteiger partial charge in [0.1, 0.15) is 0 Å². The van der Waals surface area contributed by atoms with Crippen LogP contribution >= 0.6 is 0 Å². The summed E-state index contributed by atoms with van der Waals surface area (Å²) in [5.74, 6) is 1.76. The zero-order valence-corrected chi connectivity index (χ0v) is 26.1. The van der Waals surface area contributed by atoms with Gasteiger partial charge < -0.3 is 0 Å². The second-order valence-corrected chi connectivity index (χ2v) is 12.4. The quantitative estimate of drug-likeness (QED) is 0.184. The van der Waals surface area contributed by atoms with Gasteiger partial charge in [0.05, 0.1) is 6.57 Å². The maximum Gasteiger partial charge on any atom is 0.187 e. The highest BCUT2D eigenvalue weighted by Crippen LogP contribution is 2.49. The summed E-state index contributed by atoms with van der Waals surface area (Å²) in [6.45, 7) is 12.0. The molecule has 1 aliphatic carbocycles. The predicted molar refractivity (Wildman–Crippen MR) is 191 cm³/mol. The minimum absolute atomic E-state index is 0.0989. The number of hydrogen-bond donors (Lipinski definition) is 0. The molecule has 0 unspecified atom stereocenters. The zero-order chi connectivity index (χ0) is 32.0. The average Bonchev–Trinajstić information content (AvgIpc) is 3.37. The Balaban J connectivity index is 1.33. The van der Waals surface area contributed by atoms with Crippen molar-refractivity contribution in [2.24, 2.45) is 0 Å². The van der Waals surface area contributed by atoms with Crippen molar-refractivity contribution in [2.45, 2.75) is 19.3 Å². The summed E-state index contributed by atoms with van der Waals surface area (Å²) >= 11 is 0. The molecule has 8 rings (SSSR count). The van der Waals surface area contributed by atoms with Crippen molar-refractivity contribution >= 4 is 5.69 Å². The van der Waals surface area contributed by atoms with Crippen LogP contribution in [0.5, 0.6) is 0 Å². The van der Waals surface area contributed by atoms with E-state index < -0.39 is 0 Å². The minimum atomic E-state index is -0.0989. The van der Waals surface area contributed by atoms with Crippen LogP contribution in [0.4, 0.5) is 5.69 Å². The van der Waals surface area contributed by atoms with Crippen LogP contribution in [0.2, 0.25) is 0 Å². The number of fused-ring (bicyclic) bond motifs is 3. The van der Waals surface area contributed by atoms with Crippen LogP contribution in [0.25, 0.3) is 72.4 Å². The summed E-state index contributed by atoms with van der Waals surface area (Å²) in [5, 5.41) is 0. The second-order valence-electron chi connectivity index (χ2n) is 12.4. The predicted octanol–water partition coefficient (Wildman–Crippen LogP) is 11.1. The van der Waals surface area contributed by atoms with E-state index in [-0.39, 0.29) is 5.41 Å². The van der Waals surface area contributed by atoms with Crippen LogP contribution in [-0.2, 0) is 5.41 Å². The Kier molecular flexibility index (Phi) is 6.82. The number of aromatic nitrogens is 3. The fraction of sp³-hybridized carbons (Fsp3) is 0.0698. The highest BCUT2D eigenvalue weighted by Gasteiger charge is 2.35. The molecular formula is C43H30N4. The van der Waals surface area contributed by atoms with E-state index in [1.165, 1.54) is 22.3 Å². The highest BCUT2D eigenvalue weighted by atomic mass is 15.0. The Morgan fingerprint density at radius 2 is 0.915 bits per heavy atom. The Morgan fingerprint density at radius 3 is 1.57 bits per heavy atom. The van der Waals surface area contributed by atoms with Crippen molar-refractivity contribution in [2.75, 3.05) is 0 Å².